The first-order valence-corrected chi connectivity index (χ1v) is 10.5. The molecule has 7 nitrogen and oxygen atoms in total. The molecule has 3 heterocycles. The Morgan fingerprint density at radius 2 is 2.17 bits per heavy atom. The van der Waals surface area contributed by atoms with E-state index in [1.807, 2.05) is 18.2 Å². The summed E-state index contributed by atoms with van der Waals surface area (Å²) in [4.78, 5) is 19.5. The molecule has 0 saturated carbocycles. The normalized spacial score (nSPS) is 30.7. The van der Waals surface area contributed by atoms with Crippen molar-refractivity contribution in [2.75, 3.05) is 34.4 Å². The molecule has 4 atom stereocenters. The molecule has 0 amide bonds. The van der Waals surface area contributed by atoms with Gasteiger partial charge in [-0.15, -0.1) is 0 Å². The molecule has 0 aliphatic carbocycles. The first-order valence-electron chi connectivity index (χ1n) is 10.5. The van der Waals surface area contributed by atoms with Gasteiger partial charge < -0.3 is 19.3 Å². The summed E-state index contributed by atoms with van der Waals surface area (Å²) < 4.78 is 17.0. The minimum atomic E-state index is -0.916. The summed E-state index contributed by atoms with van der Waals surface area (Å²) in [5, 5.41) is 9.83. The van der Waals surface area contributed by atoms with Crippen molar-refractivity contribution in [3.8, 4) is 5.75 Å². The Morgan fingerprint density at radius 1 is 1.37 bits per heavy atom. The highest BCUT2D eigenvalue weighted by atomic mass is 16.5. The number of carboxylic acid groups (broad SMARTS) is 1. The lowest BCUT2D eigenvalue weighted by Crippen LogP contribution is -2.61. The zero-order valence-corrected chi connectivity index (χ0v) is 18.1. The van der Waals surface area contributed by atoms with Crippen LogP contribution >= 0.6 is 0 Å². The quantitative estimate of drug-likeness (QED) is 0.568. The standard InChI is InChI=1S/C23H30N2O5/c1-5-14-12-25-10-9-23(30-4)20-17(7-6-8-19(20)29-3)24-21(23)18(25)11-15(14)16(13-28-2)22(26)27/h6-8,13-15,18H,5,9-12H2,1-4H3,(H,26,27)/t14-,15+,18+,23+/m1/s1. The molecule has 4 rings (SSSR count). The number of methoxy groups -OCH3 is 3. The van der Waals surface area contributed by atoms with Gasteiger partial charge in [-0.25, -0.2) is 4.79 Å². The molecule has 1 aromatic carbocycles. The number of hydrogen-bond donors (Lipinski definition) is 1. The van der Waals surface area contributed by atoms with Crippen LogP contribution in [-0.4, -0.2) is 62.1 Å². The van der Waals surface area contributed by atoms with Gasteiger partial charge in [-0.2, -0.15) is 0 Å². The van der Waals surface area contributed by atoms with E-state index >= 15 is 0 Å². The van der Waals surface area contributed by atoms with Crippen LogP contribution in [0.1, 0.15) is 31.7 Å². The number of fused-ring (bicyclic) bond motifs is 5. The fourth-order valence-corrected chi connectivity index (χ4v) is 5.63. The number of piperidine rings is 2. The fourth-order valence-electron chi connectivity index (χ4n) is 5.63. The molecular formula is C23H30N2O5. The van der Waals surface area contributed by atoms with Crippen molar-refractivity contribution >= 4 is 17.4 Å². The van der Waals surface area contributed by atoms with Crippen molar-refractivity contribution in [3.63, 3.8) is 0 Å². The van der Waals surface area contributed by atoms with Crippen molar-refractivity contribution in [1.82, 2.24) is 4.90 Å². The van der Waals surface area contributed by atoms with Crippen molar-refractivity contribution in [1.29, 1.82) is 0 Å². The molecule has 0 spiro atoms. The lowest BCUT2D eigenvalue weighted by atomic mass is 9.70. The number of aliphatic carboxylic acids is 1. The van der Waals surface area contributed by atoms with E-state index in [2.05, 4.69) is 11.8 Å². The summed E-state index contributed by atoms with van der Waals surface area (Å²) in [5.74, 6) is 0.0223. The summed E-state index contributed by atoms with van der Waals surface area (Å²) in [5.41, 5.74) is 2.56. The Hall–Kier alpha value is -2.38. The van der Waals surface area contributed by atoms with Crippen molar-refractivity contribution in [2.24, 2.45) is 16.8 Å². The Bertz CT molecular complexity index is 896. The smallest absolute Gasteiger partial charge is 0.334 e. The van der Waals surface area contributed by atoms with E-state index in [1.165, 1.54) is 13.4 Å². The van der Waals surface area contributed by atoms with Crippen LogP contribution in [0.5, 0.6) is 5.75 Å². The minimum Gasteiger partial charge on any atom is -0.504 e. The summed E-state index contributed by atoms with van der Waals surface area (Å²) in [6, 6.07) is 5.91. The molecule has 162 valence electrons. The second-order valence-corrected chi connectivity index (χ2v) is 8.27. The van der Waals surface area contributed by atoms with Crippen LogP contribution in [0.25, 0.3) is 0 Å². The van der Waals surface area contributed by atoms with Gasteiger partial charge in [-0.3, -0.25) is 9.89 Å². The van der Waals surface area contributed by atoms with E-state index in [4.69, 9.17) is 19.2 Å². The highest BCUT2D eigenvalue weighted by molar-refractivity contribution is 6.05. The largest absolute Gasteiger partial charge is 0.504 e. The third-order valence-electron chi connectivity index (χ3n) is 7.07. The molecule has 3 aliphatic heterocycles. The molecule has 1 aromatic rings. The molecule has 3 aliphatic rings. The molecule has 2 fully saturated rings. The average molecular weight is 415 g/mol. The zero-order valence-electron chi connectivity index (χ0n) is 18.1. The summed E-state index contributed by atoms with van der Waals surface area (Å²) in [6.07, 6.45) is 3.79. The lowest BCUT2D eigenvalue weighted by molar-refractivity contribution is -0.134. The summed E-state index contributed by atoms with van der Waals surface area (Å²) in [7, 11) is 4.90. The second kappa shape index (κ2) is 8.04. The van der Waals surface area contributed by atoms with Crippen LogP contribution in [-0.2, 0) is 19.9 Å². The molecule has 0 bridgehead atoms. The van der Waals surface area contributed by atoms with Gasteiger partial charge in [0.15, 0.2) is 0 Å². The van der Waals surface area contributed by atoms with E-state index in [1.54, 1.807) is 14.2 Å². The average Bonchev–Trinajstić information content (AvgIpc) is 3.11. The van der Waals surface area contributed by atoms with Gasteiger partial charge in [0.2, 0.25) is 0 Å². The van der Waals surface area contributed by atoms with Crippen molar-refractivity contribution < 1.29 is 24.1 Å². The van der Waals surface area contributed by atoms with E-state index in [0.717, 1.165) is 48.6 Å². The maximum Gasteiger partial charge on any atom is 0.334 e. The van der Waals surface area contributed by atoms with Gasteiger partial charge in [-0.05, 0) is 36.8 Å². The molecule has 30 heavy (non-hydrogen) atoms. The number of benzene rings is 1. The van der Waals surface area contributed by atoms with E-state index in [0.29, 0.717) is 12.0 Å². The molecule has 0 aromatic heterocycles. The zero-order chi connectivity index (χ0) is 21.5. The predicted octanol–water partition coefficient (Wildman–Crippen LogP) is 3.36. The Morgan fingerprint density at radius 3 is 2.80 bits per heavy atom. The van der Waals surface area contributed by atoms with Crippen LogP contribution in [0.4, 0.5) is 5.69 Å². The lowest BCUT2D eigenvalue weighted by Gasteiger charge is -2.51. The maximum absolute atomic E-state index is 12.0. The number of hydrogen-bond acceptors (Lipinski definition) is 6. The van der Waals surface area contributed by atoms with E-state index < -0.39 is 11.6 Å². The van der Waals surface area contributed by atoms with Crippen molar-refractivity contribution in [2.45, 2.75) is 37.8 Å². The number of aliphatic imine (C=N–C) groups is 1. The monoisotopic (exact) mass is 414 g/mol. The number of rotatable bonds is 6. The maximum atomic E-state index is 12.0. The molecular weight excluding hydrogens is 384 g/mol. The summed E-state index contributed by atoms with van der Waals surface area (Å²) >= 11 is 0. The van der Waals surface area contributed by atoms with Crippen LogP contribution < -0.4 is 4.74 Å². The van der Waals surface area contributed by atoms with Gasteiger partial charge in [0.05, 0.1) is 49.1 Å². The fraction of sp³-hybridized carbons (Fsp3) is 0.565. The minimum absolute atomic E-state index is 0.0169. The SMILES string of the molecule is CC[C@@H]1CN2CC[C@@]3(OC)C(=Nc4cccc(OC)c43)[C@@H]2C[C@@H]1C(=COC)C(=O)O. The molecule has 7 heteroatoms. The number of carboxylic acids is 1. The number of nitrogens with zero attached hydrogens (tertiary/aromatic N) is 2. The summed E-state index contributed by atoms with van der Waals surface area (Å²) in [6.45, 7) is 3.84. The third kappa shape index (κ3) is 3.03. The Labute approximate surface area is 177 Å². The molecule has 0 radical (unpaired) electrons. The highest BCUT2D eigenvalue weighted by Crippen LogP contribution is 2.53. The first-order chi connectivity index (χ1) is 14.5. The third-order valence-corrected chi connectivity index (χ3v) is 7.07. The number of ether oxygens (including phenoxy) is 3. The van der Waals surface area contributed by atoms with Crippen LogP contribution in [0.2, 0.25) is 0 Å². The predicted molar refractivity (Wildman–Crippen MR) is 113 cm³/mol. The van der Waals surface area contributed by atoms with Gasteiger partial charge in [0.25, 0.3) is 0 Å². The van der Waals surface area contributed by atoms with Crippen LogP contribution in [0, 0.1) is 11.8 Å². The van der Waals surface area contributed by atoms with Crippen LogP contribution in [0.3, 0.4) is 0 Å². The number of carbonyl (C=O) groups is 1. The van der Waals surface area contributed by atoms with E-state index in [-0.39, 0.29) is 17.9 Å². The van der Waals surface area contributed by atoms with Gasteiger partial charge >= 0.3 is 5.97 Å². The molecule has 0 unspecified atom stereocenters. The molecule has 1 N–H and O–H groups in total. The van der Waals surface area contributed by atoms with Crippen LogP contribution in [0.15, 0.2) is 35.0 Å². The first kappa shape index (κ1) is 20.9. The van der Waals surface area contributed by atoms with Crippen molar-refractivity contribution in [3.05, 3.63) is 35.6 Å². The van der Waals surface area contributed by atoms with Gasteiger partial charge in [0, 0.05) is 20.2 Å². The topological polar surface area (TPSA) is 80.6 Å². The Kier molecular flexibility index (Phi) is 5.59. The second-order valence-electron chi connectivity index (χ2n) is 8.27. The van der Waals surface area contributed by atoms with Gasteiger partial charge in [0.1, 0.15) is 11.4 Å². The highest BCUT2D eigenvalue weighted by Gasteiger charge is 2.55. The van der Waals surface area contributed by atoms with E-state index in [9.17, 15) is 9.90 Å². The molecule has 2 saturated heterocycles. The van der Waals surface area contributed by atoms with Gasteiger partial charge in [-0.1, -0.05) is 19.4 Å². The Balaban J connectivity index is 1.76.